The van der Waals surface area contributed by atoms with Crippen molar-refractivity contribution in [3.8, 4) is 0 Å². The molecule has 1 rings (SSSR count). The lowest BCUT2D eigenvalue weighted by Gasteiger charge is -2.07. The van der Waals surface area contributed by atoms with Crippen LogP contribution in [0.1, 0.15) is 25.5 Å². The Morgan fingerprint density at radius 3 is 2.67 bits per heavy atom. The first-order valence-corrected chi connectivity index (χ1v) is 6.19. The van der Waals surface area contributed by atoms with Crippen LogP contribution in [0.15, 0.2) is 5.38 Å². The van der Waals surface area contributed by atoms with Gasteiger partial charge < -0.3 is 15.5 Å². The molecule has 0 fully saturated rings. The van der Waals surface area contributed by atoms with Crippen LogP contribution in [-0.4, -0.2) is 39.8 Å². The van der Waals surface area contributed by atoms with Crippen LogP contribution in [0.5, 0.6) is 0 Å². The summed E-state index contributed by atoms with van der Waals surface area (Å²) in [6.45, 7) is 3.62. The summed E-state index contributed by atoms with van der Waals surface area (Å²) in [5, 5.41) is 24.4. The van der Waals surface area contributed by atoms with Gasteiger partial charge in [-0.1, -0.05) is 13.8 Å². The molecule has 0 saturated heterocycles. The summed E-state index contributed by atoms with van der Waals surface area (Å²) in [5.41, 5.74) is 0.876. The van der Waals surface area contributed by atoms with Gasteiger partial charge in [-0.3, -0.25) is 5.32 Å². The minimum Gasteiger partial charge on any atom is -0.479 e. The number of hydrogen-bond donors (Lipinski definition) is 4. The van der Waals surface area contributed by atoms with Crippen molar-refractivity contribution in [1.29, 1.82) is 0 Å². The molecular formula is C10H15N3O4S. The van der Waals surface area contributed by atoms with Crippen molar-refractivity contribution in [2.75, 3.05) is 11.9 Å². The SMILES string of the molecule is CC(C)c1csc(NC(=O)NC[C@H](O)C(=O)O)n1. The Bertz CT molecular complexity index is 433. The highest BCUT2D eigenvalue weighted by Crippen LogP contribution is 2.21. The molecule has 4 N–H and O–H groups in total. The summed E-state index contributed by atoms with van der Waals surface area (Å²) in [6, 6.07) is -0.597. The van der Waals surface area contributed by atoms with E-state index in [0.717, 1.165) is 5.69 Å². The number of aromatic nitrogens is 1. The molecule has 0 bridgehead atoms. The van der Waals surface area contributed by atoms with E-state index in [1.165, 1.54) is 11.3 Å². The minimum absolute atomic E-state index is 0.272. The molecule has 1 aromatic rings. The van der Waals surface area contributed by atoms with E-state index in [4.69, 9.17) is 10.2 Å². The number of hydrogen-bond acceptors (Lipinski definition) is 5. The van der Waals surface area contributed by atoms with Gasteiger partial charge in [0.1, 0.15) is 0 Å². The summed E-state index contributed by atoms with van der Waals surface area (Å²) in [6.07, 6.45) is -1.61. The summed E-state index contributed by atoms with van der Waals surface area (Å²) in [5.74, 6) is -1.11. The number of carbonyl (C=O) groups excluding carboxylic acids is 1. The Balaban J connectivity index is 2.42. The molecule has 2 amide bonds. The molecular weight excluding hydrogens is 258 g/mol. The zero-order valence-electron chi connectivity index (χ0n) is 10.0. The van der Waals surface area contributed by atoms with E-state index in [2.05, 4.69) is 15.6 Å². The number of carboxylic acids is 1. The quantitative estimate of drug-likeness (QED) is 0.635. The molecule has 18 heavy (non-hydrogen) atoms. The molecule has 0 aliphatic carbocycles. The normalized spacial score (nSPS) is 12.2. The van der Waals surface area contributed by atoms with E-state index < -0.39 is 18.1 Å². The third-order valence-electron chi connectivity index (χ3n) is 2.07. The fourth-order valence-electron chi connectivity index (χ4n) is 1.03. The van der Waals surface area contributed by atoms with Crippen molar-refractivity contribution in [2.45, 2.75) is 25.9 Å². The molecule has 1 aromatic heterocycles. The second-order valence-electron chi connectivity index (χ2n) is 3.92. The van der Waals surface area contributed by atoms with Gasteiger partial charge >= 0.3 is 12.0 Å². The van der Waals surface area contributed by atoms with Crippen molar-refractivity contribution >= 4 is 28.5 Å². The number of rotatable bonds is 5. The molecule has 8 heteroatoms. The Morgan fingerprint density at radius 1 is 1.50 bits per heavy atom. The van der Waals surface area contributed by atoms with Crippen molar-refractivity contribution in [1.82, 2.24) is 10.3 Å². The number of urea groups is 1. The lowest BCUT2D eigenvalue weighted by Crippen LogP contribution is -2.38. The molecule has 0 spiro atoms. The molecule has 0 unspecified atom stereocenters. The van der Waals surface area contributed by atoms with Crippen LogP contribution in [0.4, 0.5) is 9.93 Å². The van der Waals surface area contributed by atoms with Crippen LogP contribution in [0.3, 0.4) is 0 Å². The average Bonchev–Trinajstić information content (AvgIpc) is 2.74. The Labute approximate surface area is 108 Å². The lowest BCUT2D eigenvalue weighted by molar-refractivity contribution is -0.146. The standard InChI is InChI=1S/C10H15N3O4S/c1-5(2)6-4-18-10(12-6)13-9(17)11-3-7(14)8(15)16/h4-5,7,14H,3H2,1-2H3,(H,15,16)(H2,11,12,13,17)/t7-/m0/s1. The van der Waals surface area contributed by atoms with Crippen molar-refractivity contribution < 1.29 is 19.8 Å². The molecule has 0 aliphatic heterocycles. The second-order valence-corrected chi connectivity index (χ2v) is 4.78. The van der Waals surface area contributed by atoms with E-state index in [1.54, 1.807) is 0 Å². The van der Waals surface area contributed by atoms with E-state index in [-0.39, 0.29) is 12.5 Å². The largest absolute Gasteiger partial charge is 0.479 e. The highest BCUT2D eigenvalue weighted by atomic mass is 32.1. The molecule has 1 heterocycles. The van der Waals surface area contributed by atoms with Gasteiger partial charge in [0.15, 0.2) is 11.2 Å². The van der Waals surface area contributed by atoms with E-state index >= 15 is 0 Å². The molecule has 0 aromatic carbocycles. The Hall–Kier alpha value is -1.67. The summed E-state index contributed by atoms with van der Waals surface area (Å²) < 4.78 is 0. The highest BCUT2D eigenvalue weighted by molar-refractivity contribution is 7.13. The van der Waals surface area contributed by atoms with Gasteiger partial charge in [0.05, 0.1) is 12.2 Å². The summed E-state index contributed by atoms with van der Waals surface area (Å²) in [4.78, 5) is 25.9. The number of anilines is 1. The van der Waals surface area contributed by atoms with Crippen LogP contribution in [-0.2, 0) is 4.79 Å². The molecule has 100 valence electrons. The minimum atomic E-state index is -1.61. The monoisotopic (exact) mass is 273 g/mol. The maximum Gasteiger partial charge on any atom is 0.334 e. The molecule has 0 saturated carbocycles. The molecule has 1 atom stereocenters. The molecule has 7 nitrogen and oxygen atoms in total. The predicted molar refractivity (Wildman–Crippen MR) is 66.9 cm³/mol. The summed E-state index contributed by atoms with van der Waals surface area (Å²) >= 11 is 1.28. The third-order valence-corrected chi connectivity index (χ3v) is 2.85. The second kappa shape index (κ2) is 6.31. The first-order valence-electron chi connectivity index (χ1n) is 5.31. The number of aliphatic carboxylic acids is 1. The Kier molecular flexibility index (Phi) is 5.05. The smallest absolute Gasteiger partial charge is 0.334 e. The van der Waals surface area contributed by atoms with Crippen LogP contribution >= 0.6 is 11.3 Å². The number of carbonyl (C=O) groups is 2. The molecule has 0 aliphatic rings. The van der Waals surface area contributed by atoms with Gasteiger partial charge in [0.2, 0.25) is 0 Å². The maximum atomic E-state index is 11.4. The maximum absolute atomic E-state index is 11.4. The number of thiazole rings is 1. The number of amides is 2. The van der Waals surface area contributed by atoms with Crippen molar-refractivity contribution in [3.63, 3.8) is 0 Å². The van der Waals surface area contributed by atoms with E-state index in [0.29, 0.717) is 5.13 Å². The first kappa shape index (κ1) is 14.4. The summed E-state index contributed by atoms with van der Waals surface area (Å²) in [7, 11) is 0. The van der Waals surface area contributed by atoms with Crippen molar-refractivity contribution in [3.05, 3.63) is 11.1 Å². The van der Waals surface area contributed by atoms with Gasteiger partial charge in [0, 0.05) is 5.38 Å². The van der Waals surface area contributed by atoms with Crippen LogP contribution in [0.25, 0.3) is 0 Å². The number of nitrogens with one attached hydrogen (secondary N) is 2. The van der Waals surface area contributed by atoms with E-state index in [9.17, 15) is 9.59 Å². The van der Waals surface area contributed by atoms with Crippen LogP contribution in [0.2, 0.25) is 0 Å². The highest BCUT2D eigenvalue weighted by Gasteiger charge is 2.14. The third kappa shape index (κ3) is 4.30. The number of aliphatic hydroxyl groups is 1. The fourth-order valence-corrected chi connectivity index (χ4v) is 1.89. The molecule has 0 radical (unpaired) electrons. The number of aliphatic hydroxyl groups excluding tert-OH is 1. The van der Waals surface area contributed by atoms with Gasteiger partial charge in [-0.15, -0.1) is 11.3 Å². The Morgan fingerprint density at radius 2 is 2.17 bits per heavy atom. The van der Waals surface area contributed by atoms with Crippen LogP contribution in [0, 0.1) is 0 Å². The average molecular weight is 273 g/mol. The van der Waals surface area contributed by atoms with E-state index in [1.807, 2.05) is 19.2 Å². The van der Waals surface area contributed by atoms with Gasteiger partial charge in [-0.2, -0.15) is 0 Å². The predicted octanol–water partition coefficient (Wildman–Crippen LogP) is 0.834. The van der Waals surface area contributed by atoms with Crippen LogP contribution < -0.4 is 10.6 Å². The fraction of sp³-hybridized carbons (Fsp3) is 0.500. The topological polar surface area (TPSA) is 112 Å². The van der Waals surface area contributed by atoms with Crippen molar-refractivity contribution in [2.24, 2.45) is 0 Å². The zero-order valence-corrected chi connectivity index (χ0v) is 10.8. The number of carboxylic acid groups (broad SMARTS) is 1. The van der Waals surface area contributed by atoms with Gasteiger partial charge in [0.25, 0.3) is 0 Å². The lowest BCUT2D eigenvalue weighted by atomic mass is 10.2. The zero-order chi connectivity index (χ0) is 13.7. The van der Waals surface area contributed by atoms with Gasteiger partial charge in [-0.05, 0) is 5.92 Å². The van der Waals surface area contributed by atoms with Gasteiger partial charge in [-0.25, -0.2) is 14.6 Å². The first-order chi connectivity index (χ1) is 8.40. The number of nitrogens with zero attached hydrogens (tertiary/aromatic N) is 1.